The zero-order valence-corrected chi connectivity index (χ0v) is 7.82. The Morgan fingerprint density at radius 1 is 1.19 bits per heavy atom. The second-order valence-corrected chi connectivity index (χ2v) is 2.88. The molecule has 9 heteroatoms. The lowest BCUT2D eigenvalue weighted by Gasteiger charge is -2.19. The fourth-order valence-electron chi connectivity index (χ4n) is 0.483. The molecule has 0 fully saturated rings. The van der Waals surface area contributed by atoms with Crippen LogP contribution in [-0.2, 0) is 9.53 Å². The molecule has 0 aromatic rings. The van der Waals surface area contributed by atoms with Gasteiger partial charge in [-0.2, -0.15) is 17.6 Å². The fraction of sp³-hybridized carbons (Fsp3) is 0.857. The van der Waals surface area contributed by atoms with Crippen LogP contribution in [-0.4, -0.2) is 37.0 Å². The Labute approximate surface area is 85.4 Å². The number of halogens is 7. The van der Waals surface area contributed by atoms with Crippen molar-refractivity contribution >= 4 is 5.97 Å². The maximum atomic E-state index is 12.4. The van der Waals surface area contributed by atoms with Crippen LogP contribution in [0.5, 0.6) is 0 Å². The molecular weight excluding hydrogens is 249 g/mol. The van der Waals surface area contributed by atoms with Gasteiger partial charge in [-0.25, -0.2) is 18.0 Å². The van der Waals surface area contributed by atoms with Gasteiger partial charge in [0.15, 0.2) is 12.8 Å². The maximum absolute atomic E-state index is 12.4. The molecule has 0 N–H and O–H groups in total. The topological polar surface area (TPSA) is 26.3 Å². The SMILES string of the molecule is CC(F)C(F)(F)C(=O)OCC(F)(F)C(F)F. The highest BCUT2D eigenvalue weighted by Crippen LogP contribution is 2.26. The van der Waals surface area contributed by atoms with Crippen LogP contribution >= 0.6 is 0 Å². The summed E-state index contributed by atoms with van der Waals surface area (Å²) in [7, 11) is 0. The average molecular weight is 256 g/mol. The normalized spacial score (nSPS) is 15.1. The highest BCUT2D eigenvalue weighted by molar-refractivity contribution is 5.78. The fourth-order valence-corrected chi connectivity index (χ4v) is 0.483. The van der Waals surface area contributed by atoms with E-state index in [0.717, 1.165) is 0 Å². The lowest BCUT2D eigenvalue weighted by atomic mass is 10.2. The Hall–Kier alpha value is -1.02. The molecule has 1 atom stereocenters. The molecule has 0 amide bonds. The molecule has 0 aliphatic rings. The minimum atomic E-state index is -4.74. The lowest BCUT2D eigenvalue weighted by Crippen LogP contribution is -2.42. The monoisotopic (exact) mass is 256 g/mol. The third-order valence-electron chi connectivity index (χ3n) is 1.49. The van der Waals surface area contributed by atoms with Gasteiger partial charge in [-0.1, -0.05) is 0 Å². The number of carbonyl (C=O) groups is 1. The number of esters is 1. The Kier molecular flexibility index (Phi) is 4.56. The van der Waals surface area contributed by atoms with Crippen molar-refractivity contribution in [2.45, 2.75) is 31.4 Å². The summed E-state index contributed by atoms with van der Waals surface area (Å²) in [5, 5.41) is 0. The molecule has 1 unspecified atom stereocenters. The zero-order valence-electron chi connectivity index (χ0n) is 7.82. The maximum Gasteiger partial charge on any atom is 0.380 e. The molecule has 16 heavy (non-hydrogen) atoms. The van der Waals surface area contributed by atoms with Gasteiger partial charge in [-0.15, -0.1) is 0 Å². The van der Waals surface area contributed by atoms with E-state index in [1.807, 2.05) is 0 Å². The van der Waals surface area contributed by atoms with Crippen LogP contribution in [0.2, 0.25) is 0 Å². The van der Waals surface area contributed by atoms with E-state index >= 15 is 0 Å². The average Bonchev–Trinajstić information content (AvgIpc) is 2.13. The molecule has 0 saturated heterocycles. The van der Waals surface area contributed by atoms with Gasteiger partial charge in [-0.3, -0.25) is 0 Å². The highest BCUT2D eigenvalue weighted by Gasteiger charge is 2.50. The first-order valence-electron chi connectivity index (χ1n) is 3.87. The number of alkyl halides is 7. The summed E-state index contributed by atoms with van der Waals surface area (Å²) in [4.78, 5) is 10.4. The zero-order chi connectivity index (χ0) is 13.1. The Morgan fingerprint density at radius 2 is 1.62 bits per heavy atom. The van der Waals surface area contributed by atoms with Crippen LogP contribution in [0.1, 0.15) is 6.92 Å². The van der Waals surface area contributed by atoms with Crippen LogP contribution in [0, 0.1) is 0 Å². The molecule has 96 valence electrons. The summed E-state index contributed by atoms with van der Waals surface area (Å²) in [5.74, 6) is -12.0. The summed E-state index contributed by atoms with van der Waals surface area (Å²) < 4.78 is 87.5. The molecule has 2 nitrogen and oxygen atoms in total. The van der Waals surface area contributed by atoms with Gasteiger partial charge < -0.3 is 4.74 Å². The number of hydrogen-bond acceptors (Lipinski definition) is 2. The van der Waals surface area contributed by atoms with Crippen LogP contribution in [0.4, 0.5) is 30.7 Å². The predicted octanol–water partition coefficient (Wildman–Crippen LogP) is 2.42. The number of carbonyl (C=O) groups excluding carboxylic acids is 1. The van der Waals surface area contributed by atoms with Crippen LogP contribution in [0.25, 0.3) is 0 Å². The Balaban J connectivity index is 4.39. The molecule has 0 aliphatic heterocycles. The largest absolute Gasteiger partial charge is 0.455 e. The van der Waals surface area contributed by atoms with Crippen LogP contribution in [0.15, 0.2) is 0 Å². The second kappa shape index (κ2) is 4.88. The van der Waals surface area contributed by atoms with Crippen LogP contribution < -0.4 is 0 Å². The van der Waals surface area contributed by atoms with Crippen molar-refractivity contribution in [2.75, 3.05) is 6.61 Å². The van der Waals surface area contributed by atoms with Crippen molar-refractivity contribution in [1.29, 1.82) is 0 Å². The van der Waals surface area contributed by atoms with Gasteiger partial charge in [0.05, 0.1) is 0 Å². The molecule has 0 radical (unpaired) electrons. The highest BCUT2D eigenvalue weighted by atomic mass is 19.3. The summed E-state index contributed by atoms with van der Waals surface area (Å²) in [6.07, 6.45) is -7.14. The van der Waals surface area contributed by atoms with E-state index in [1.165, 1.54) is 0 Å². The van der Waals surface area contributed by atoms with E-state index in [9.17, 15) is 35.5 Å². The van der Waals surface area contributed by atoms with E-state index < -0.39 is 37.0 Å². The quantitative estimate of drug-likeness (QED) is 0.557. The van der Waals surface area contributed by atoms with Gasteiger partial charge in [0, 0.05) is 0 Å². The van der Waals surface area contributed by atoms with Gasteiger partial charge in [0.2, 0.25) is 0 Å². The van der Waals surface area contributed by atoms with Gasteiger partial charge in [0.1, 0.15) is 0 Å². The first-order chi connectivity index (χ1) is 7.01. The van der Waals surface area contributed by atoms with Crippen molar-refractivity contribution in [3.8, 4) is 0 Å². The Morgan fingerprint density at radius 3 is 1.94 bits per heavy atom. The number of hydrogen-bond donors (Lipinski definition) is 0. The first kappa shape index (κ1) is 15.0. The molecule has 0 bridgehead atoms. The lowest BCUT2D eigenvalue weighted by molar-refractivity contribution is -0.203. The van der Waals surface area contributed by atoms with Crippen molar-refractivity contribution in [3.05, 3.63) is 0 Å². The summed E-state index contributed by atoms with van der Waals surface area (Å²) >= 11 is 0. The number of ether oxygens (including phenoxy) is 1. The van der Waals surface area contributed by atoms with Crippen LogP contribution in [0.3, 0.4) is 0 Å². The van der Waals surface area contributed by atoms with Crippen molar-refractivity contribution in [1.82, 2.24) is 0 Å². The van der Waals surface area contributed by atoms with E-state index in [0.29, 0.717) is 6.92 Å². The predicted molar refractivity (Wildman–Crippen MR) is 37.4 cm³/mol. The van der Waals surface area contributed by atoms with E-state index in [-0.39, 0.29) is 0 Å². The van der Waals surface area contributed by atoms with E-state index in [1.54, 1.807) is 0 Å². The molecule has 0 aromatic heterocycles. The van der Waals surface area contributed by atoms with Crippen molar-refractivity contribution in [2.24, 2.45) is 0 Å². The standard InChI is InChI=1S/C7H7F7O2/c1-3(8)7(13,14)5(15)16-2-6(11,12)4(9)10/h3-4H,2H2,1H3. The number of rotatable bonds is 5. The molecule has 0 spiro atoms. The smallest absolute Gasteiger partial charge is 0.380 e. The molecule has 0 heterocycles. The van der Waals surface area contributed by atoms with E-state index in [4.69, 9.17) is 0 Å². The van der Waals surface area contributed by atoms with Gasteiger partial charge in [-0.05, 0) is 6.92 Å². The molecular formula is C7H7F7O2. The van der Waals surface area contributed by atoms with E-state index in [2.05, 4.69) is 4.74 Å². The summed E-state index contributed by atoms with van der Waals surface area (Å²) in [6.45, 7) is -1.93. The molecule has 0 aromatic carbocycles. The molecule has 0 saturated carbocycles. The first-order valence-corrected chi connectivity index (χ1v) is 3.87. The summed E-state index contributed by atoms with van der Waals surface area (Å²) in [5.41, 5.74) is 0. The second-order valence-electron chi connectivity index (χ2n) is 2.88. The summed E-state index contributed by atoms with van der Waals surface area (Å²) in [6, 6.07) is 0. The minimum Gasteiger partial charge on any atom is -0.455 e. The Bertz CT molecular complexity index is 251. The minimum absolute atomic E-state index is 0.298. The van der Waals surface area contributed by atoms with Gasteiger partial charge in [0.25, 0.3) is 0 Å². The molecule has 0 aliphatic carbocycles. The third-order valence-corrected chi connectivity index (χ3v) is 1.49. The molecule has 0 rings (SSSR count). The van der Waals surface area contributed by atoms with Gasteiger partial charge >= 0.3 is 24.2 Å². The third kappa shape index (κ3) is 3.53. The van der Waals surface area contributed by atoms with Crippen molar-refractivity contribution in [3.63, 3.8) is 0 Å². The van der Waals surface area contributed by atoms with Crippen molar-refractivity contribution < 1.29 is 40.3 Å².